The number of urea groups is 1. The number of morpholine rings is 1. The molecular weight excluding hydrogens is 358 g/mol. The number of nitrogens with one attached hydrogen (secondary N) is 1. The van der Waals surface area contributed by atoms with E-state index in [1.165, 1.54) is 21.8 Å². The van der Waals surface area contributed by atoms with E-state index in [0.717, 1.165) is 44.3 Å². The number of nitrogens with zero attached hydrogens (tertiary/aromatic N) is 4. The summed E-state index contributed by atoms with van der Waals surface area (Å²) in [7, 11) is 1.79. The number of ether oxygens (including phenoxy) is 1. The number of thiophene rings is 1. The monoisotopic (exact) mass is 381 g/mol. The first-order valence-corrected chi connectivity index (χ1v) is 9.99. The third-order valence-corrected chi connectivity index (χ3v) is 6.03. The van der Waals surface area contributed by atoms with Crippen molar-refractivity contribution in [3.05, 3.63) is 26.9 Å². The Balaban J connectivity index is 1.46. The van der Waals surface area contributed by atoms with Gasteiger partial charge in [0.05, 0.1) is 19.8 Å². The maximum Gasteiger partial charge on any atom is 0.323 e. The molecule has 9 heteroatoms. The van der Waals surface area contributed by atoms with Gasteiger partial charge < -0.3 is 9.64 Å². The van der Waals surface area contributed by atoms with Gasteiger partial charge in [0.2, 0.25) is 5.13 Å². The van der Waals surface area contributed by atoms with Crippen LogP contribution in [0.4, 0.5) is 9.93 Å². The van der Waals surface area contributed by atoms with E-state index in [-0.39, 0.29) is 6.03 Å². The van der Waals surface area contributed by atoms with Crippen LogP contribution in [0.2, 0.25) is 0 Å². The molecule has 0 saturated carbocycles. The van der Waals surface area contributed by atoms with Crippen LogP contribution in [0, 0.1) is 6.92 Å². The maximum atomic E-state index is 12.3. The minimum Gasteiger partial charge on any atom is -0.379 e. The molecule has 0 spiro atoms. The normalized spacial score (nSPS) is 15.3. The van der Waals surface area contributed by atoms with Crippen LogP contribution >= 0.6 is 22.7 Å². The zero-order valence-corrected chi connectivity index (χ0v) is 16.2. The number of carbonyl (C=O) groups is 1. The average molecular weight is 382 g/mol. The molecule has 3 heterocycles. The Morgan fingerprint density at radius 3 is 2.92 bits per heavy atom. The molecule has 0 bridgehead atoms. The van der Waals surface area contributed by atoms with Crippen LogP contribution in [-0.2, 0) is 17.7 Å². The molecule has 0 aliphatic carbocycles. The van der Waals surface area contributed by atoms with E-state index < -0.39 is 0 Å². The molecule has 0 unspecified atom stereocenters. The molecule has 1 aliphatic rings. The van der Waals surface area contributed by atoms with Crippen molar-refractivity contribution in [2.45, 2.75) is 19.9 Å². The zero-order valence-electron chi connectivity index (χ0n) is 14.5. The topological polar surface area (TPSA) is 70.6 Å². The van der Waals surface area contributed by atoms with Gasteiger partial charge in [0.15, 0.2) is 0 Å². The molecule has 2 amide bonds. The van der Waals surface area contributed by atoms with Gasteiger partial charge in [0.25, 0.3) is 0 Å². The van der Waals surface area contributed by atoms with E-state index in [1.54, 1.807) is 23.3 Å². The molecule has 0 aromatic carbocycles. The highest BCUT2D eigenvalue weighted by Crippen LogP contribution is 2.19. The van der Waals surface area contributed by atoms with Crippen LogP contribution < -0.4 is 5.32 Å². The summed E-state index contributed by atoms with van der Waals surface area (Å²) < 4.78 is 5.35. The van der Waals surface area contributed by atoms with Gasteiger partial charge in [0.1, 0.15) is 5.01 Å². The van der Waals surface area contributed by atoms with E-state index >= 15 is 0 Å². The summed E-state index contributed by atoms with van der Waals surface area (Å²) in [5.41, 5.74) is 1.21. The van der Waals surface area contributed by atoms with Gasteiger partial charge in [-0.15, -0.1) is 21.5 Å². The first kappa shape index (κ1) is 18.2. The Labute approximate surface area is 155 Å². The van der Waals surface area contributed by atoms with Gasteiger partial charge >= 0.3 is 6.03 Å². The Morgan fingerprint density at radius 1 is 1.40 bits per heavy atom. The maximum absolute atomic E-state index is 12.3. The van der Waals surface area contributed by atoms with E-state index in [0.29, 0.717) is 11.7 Å². The average Bonchev–Trinajstić information content (AvgIpc) is 3.23. The summed E-state index contributed by atoms with van der Waals surface area (Å²) in [6.45, 7) is 7.14. The lowest BCUT2D eigenvalue weighted by Crippen LogP contribution is -2.37. The van der Waals surface area contributed by atoms with Crippen LogP contribution in [0.25, 0.3) is 0 Å². The number of hydrogen-bond acceptors (Lipinski definition) is 7. The number of aryl methyl sites for hydroxylation is 1. The molecule has 0 atom stereocenters. The quantitative estimate of drug-likeness (QED) is 0.832. The van der Waals surface area contributed by atoms with E-state index in [9.17, 15) is 4.79 Å². The Hall–Kier alpha value is -1.55. The molecular formula is C16H23N5O2S2. The molecule has 2 aromatic rings. The molecule has 1 fully saturated rings. The van der Waals surface area contributed by atoms with Crippen molar-refractivity contribution in [2.24, 2.45) is 0 Å². The van der Waals surface area contributed by atoms with Crippen molar-refractivity contribution in [3.63, 3.8) is 0 Å². The van der Waals surface area contributed by atoms with Gasteiger partial charge in [-0.3, -0.25) is 10.2 Å². The smallest absolute Gasteiger partial charge is 0.323 e. The van der Waals surface area contributed by atoms with Gasteiger partial charge in [-0.25, -0.2) is 4.79 Å². The molecule has 2 aromatic heterocycles. The minimum absolute atomic E-state index is 0.163. The lowest BCUT2D eigenvalue weighted by atomic mass is 10.3. The summed E-state index contributed by atoms with van der Waals surface area (Å²) in [5, 5.41) is 14.6. The van der Waals surface area contributed by atoms with Crippen LogP contribution in [0.15, 0.2) is 11.4 Å². The van der Waals surface area contributed by atoms with Crippen molar-refractivity contribution in [2.75, 3.05) is 45.2 Å². The van der Waals surface area contributed by atoms with Crippen molar-refractivity contribution in [1.82, 2.24) is 20.0 Å². The SMILES string of the molecule is Cc1ccsc1CN(C)C(=O)Nc1nnc(CCN2CCOCC2)s1. The molecule has 1 N–H and O–H groups in total. The Kier molecular flexibility index (Phi) is 6.35. The predicted molar refractivity (Wildman–Crippen MR) is 100 cm³/mol. The molecule has 3 rings (SSSR count). The number of rotatable bonds is 6. The first-order chi connectivity index (χ1) is 12.1. The number of carbonyl (C=O) groups excluding carboxylic acids is 1. The van der Waals surface area contributed by atoms with Crippen molar-refractivity contribution in [3.8, 4) is 0 Å². The second-order valence-corrected chi connectivity index (χ2v) is 8.08. The van der Waals surface area contributed by atoms with Crippen molar-refractivity contribution >= 4 is 33.8 Å². The minimum atomic E-state index is -0.163. The van der Waals surface area contributed by atoms with Crippen LogP contribution in [0.3, 0.4) is 0 Å². The summed E-state index contributed by atoms with van der Waals surface area (Å²) in [6.07, 6.45) is 0.845. The van der Waals surface area contributed by atoms with E-state index in [1.807, 2.05) is 5.38 Å². The summed E-state index contributed by atoms with van der Waals surface area (Å²) >= 11 is 3.11. The van der Waals surface area contributed by atoms with Gasteiger partial charge in [-0.2, -0.15) is 0 Å². The third-order valence-electron chi connectivity index (χ3n) is 4.12. The molecule has 1 saturated heterocycles. The fourth-order valence-corrected chi connectivity index (χ4v) is 4.20. The van der Waals surface area contributed by atoms with Crippen LogP contribution in [0.5, 0.6) is 0 Å². The predicted octanol–water partition coefficient (Wildman–Crippen LogP) is 2.45. The highest BCUT2D eigenvalue weighted by molar-refractivity contribution is 7.15. The highest BCUT2D eigenvalue weighted by atomic mass is 32.1. The lowest BCUT2D eigenvalue weighted by Gasteiger charge is -2.25. The number of aromatic nitrogens is 2. The van der Waals surface area contributed by atoms with Gasteiger partial charge in [-0.1, -0.05) is 11.3 Å². The fourth-order valence-electron chi connectivity index (χ4n) is 2.52. The third kappa shape index (κ3) is 5.21. The molecule has 0 radical (unpaired) electrons. The Morgan fingerprint density at radius 2 is 2.20 bits per heavy atom. The summed E-state index contributed by atoms with van der Waals surface area (Å²) in [4.78, 5) is 17.5. The van der Waals surface area contributed by atoms with Gasteiger partial charge in [-0.05, 0) is 23.9 Å². The van der Waals surface area contributed by atoms with E-state index in [2.05, 4.69) is 33.4 Å². The van der Waals surface area contributed by atoms with Crippen LogP contribution in [0.1, 0.15) is 15.4 Å². The number of amides is 2. The molecule has 25 heavy (non-hydrogen) atoms. The largest absolute Gasteiger partial charge is 0.379 e. The van der Waals surface area contributed by atoms with E-state index in [4.69, 9.17) is 4.74 Å². The molecule has 1 aliphatic heterocycles. The molecule has 7 nitrogen and oxygen atoms in total. The number of anilines is 1. The van der Waals surface area contributed by atoms with Crippen molar-refractivity contribution in [1.29, 1.82) is 0 Å². The molecule has 136 valence electrons. The second kappa shape index (κ2) is 8.70. The number of hydrogen-bond donors (Lipinski definition) is 1. The second-order valence-electron chi connectivity index (χ2n) is 6.02. The standard InChI is InChI=1S/C16H23N5O2S2/c1-12-4-10-24-13(12)11-20(2)16(22)17-15-19-18-14(25-15)3-5-21-6-8-23-9-7-21/h4,10H,3,5-9,11H2,1-2H3,(H,17,19,22). The zero-order chi connectivity index (χ0) is 17.6. The highest BCUT2D eigenvalue weighted by Gasteiger charge is 2.15. The van der Waals surface area contributed by atoms with Crippen LogP contribution in [-0.4, -0.2) is 65.9 Å². The van der Waals surface area contributed by atoms with Gasteiger partial charge in [0, 0.05) is 38.0 Å². The fraction of sp³-hybridized carbons (Fsp3) is 0.562. The van der Waals surface area contributed by atoms with Crippen molar-refractivity contribution < 1.29 is 9.53 Å². The Bertz CT molecular complexity index is 696. The lowest BCUT2D eigenvalue weighted by molar-refractivity contribution is 0.0384. The first-order valence-electron chi connectivity index (χ1n) is 8.29. The summed E-state index contributed by atoms with van der Waals surface area (Å²) in [5.74, 6) is 0. The summed E-state index contributed by atoms with van der Waals surface area (Å²) in [6, 6.07) is 1.90.